The van der Waals surface area contributed by atoms with Crippen LogP contribution in [-0.2, 0) is 24.0 Å². The van der Waals surface area contributed by atoms with E-state index in [0.717, 1.165) is 4.90 Å². The highest BCUT2D eigenvalue weighted by Crippen LogP contribution is 2.34. The molecule has 2 aliphatic rings. The number of fused-ring (bicyclic) bond motifs is 1. The van der Waals surface area contributed by atoms with E-state index in [-0.39, 0.29) is 5.71 Å². The molecule has 8 heteroatoms. The van der Waals surface area contributed by atoms with E-state index >= 15 is 0 Å². The molecule has 0 aromatic heterocycles. The minimum atomic E-state index is -1.12. The fourth-order valence-electron chi connectivity index (χ4n) is 2.44. The maximum absolute atomic E-state index is 12.5. The van der Waals surface area contributed by atoms with E-state index in [1.165, 1.54) is 14.2 Å². The van der Waals surface area contributed by atoms with Crippen LogP contribution >= 0.6 is 0 Å². The fourth-order valence-corrected chi connectivity index (χ4v) is 2.44. The summed E-state index contributed by atoms with van der Waals surface area (Å²) in [5, 5.41) is 3.50. The first-order chi connectivity index (χ1) is 10.6. The van der Waals surface area contributed by atoms with Gasteiger partial charge in [-0.15, -0.1) is 0 Å². The molecule has 0 N–H and O–H groups in total. The van der Waals surface area contributed by atoms with Gasteiger partial charge in [-0.05, 0) is 24.3 Å². The van der Waals surface area contributed by atoms with Gasteiger partial charge in [0.25, 0.3) is 5.91 Å². The van der Waals surface area contributed by atoms with Gasteiger partial charge in [-0.3, -0.25) is 9.59 Å². The van der Waals surface area contributed by atoms with Gasteiger partial charge >= 0.3 is 5.97 Å². The van der Waals surface area contributed by atoms with E-state index < -0.39 is 29.8 Å². The van der Waals surface area contributed by atoms with Gasteiger partial charge in [0.15, 0.2) is 5.71 Å². The second kappa shape index (κ2) is 5.14. The van der Waals surface area contributed by atoms with Gasteiger partial charge in [-0.25, -0.2) is 9.69 Å². The number of oxime groups is 1. The van der Waals surface area contributed by atoms with E-state index in [4.69, 9.17) is 9.57 Å². The van der Waals surface area contributed by atoms with E-state index in [9.17, 15) is 14.4 Å². The number of carbonyl (C=O) groups is 3. The zero-order valence-corrected chi connectivity index (χ0v) is 11.8. The summed E-state index contributed by atoms with van der Waals surface area (Å²) in [6.07, 6.45) is -1.12. The van der Waals surface area contributed by atoms with Crippen molar-refractivity contribution in [3.05, 3.63) is 24.3 Å². The van der Waals surface area contributed by atoms with Gasteiger partial charge in [0.2, 0.25) is 12.0 Å². The van der Waals surface area contributed by atoms with E-state index in [0.29, 0.717) is 11.4 Å². The third-order valence-electron chi connectivity index (χ3n) is 3.54. The first-order valence-corrected chi connectivity index (χ1v) is 6.42. The lowest BCUT2D eigenvalue weighted by Gasteiger charge is -2.15. The van der Waals surface area contributed by atoms with Crippen LogP contribution in [0, 0.1) is 5.92 Å². The lowest BCUT2D eigenvalue weighted by Crippen LogP contribution is -2.34. The molecule has 2 heterocycles. The van der Waals surface area contributed by atoms with Crippen molar-refractivity contribution in [2.45, 2.75) is 6.10 Å². The van der Waals surface area contributed by atoms with Crippen LogP contribution in [-0.4, -0.2) is 43.8 Å². The van der Waals surface area contributed by atoms with Gasteiger partial charge in [0, 0.05) is 0 Å². The second-order valence-electron chi connectivity index (χ2n) is 4.68. The fraction of sp³-hybridized carbons (Fsp3) is 0.286. The summed E-state index contributed by atoms with van der Waals surface area (Å²) < 4.78 is 9.58. The molecule has 0 aliphatic carbocycles. The van der Waals surface area contributed by atoms with Gasteiger partial charge in [0.05, 0.1) is 19.9 Å². The number of methoxy groups -OCH3 is 2. The summed E-state index contributed by atoms with van der Waals surface area (Å²) >= 11 is 0. The predicted molar refractivity (Wildman–Crippen MR) is 73.3 cm³/mol. The molecule has 114 valence electrons. The van der Waals surface area contributed by atoms with Crippen LogP contribution in [0.5, 0.6) is 5.75 Å². The summed E-state index contributed by atoms with van der Waals surface area (Å²) in [7, 11) is 2.68. The van der Waals surface area contributed by atoms with Crippen molar-refractivity contribution < 1.29 is 28.7 Å². The Morgan fingerprint density at radius 1 is 1.18 bits per heavy atom. The number of amides is 2. The molecule has 0 radical (unpaired) electrons. The van der Waals surface area contributed by atoms with Crippen LogP contribution in [0.4, 0.5) is 5.69 Å². The van der Waals surface area contributed by atoms with Crippen molar-refractivity contribution in [2.75, 3.05) is 19.1 Å². The Morgan fingerprint density at radius 3 is 2.45 bits per heavy atom. The number of imide groups is 1. The molecule has 2 atom stereocenters. The van der Waals surface area contributed by atoms with Crippen molar-refractivity contribution in [1.82, 2.24) is 0 Å². The number of hydrogen-bond acceptors (Lipinski definition) is 7. The molecular formula is C14H12N2O6. The Hall–Kier alpha value is -2.90. The Labute approximate surface area is 125 Å². The number of hydrogen-bond donors (Lipinski definition) is 0. The van der Waals surface area contributed by atoms with Crippen LogP contribution in [0.1, 0.15) is 0 Å². The number of benzene rings is 1. The number of anilines is 1. The molecule has 0 saturated carbocycles. The quantitative estimate of drug-likeness (QED) is 0.581. The molecule has 2 amide bonds. The van der Waals surface area contributed by atoms with Crippen molar-refractivity contribution in [1.29, 1.82) is 0 Å². The van der Waals surface area contributed by atoms with Gasteiger partial charge < -0.3 is 14.3 Å². The monoisotopic (exact) mass is 304 g/mol. The van der Waals surface area contributed by atoms with E-state index in [2.05, 4.69) is 9.89 Å². The SMILES string of the molecule is COC(=O)C1=NO[C@H]2C(=O)N(c3ccc(OC)cc3)C(=O)[C@@H]12. The standard InChI is InChI=1S/C14H12N2O6/c1-20-8-5-3-7(4-6-8)16-12(17)9-10(14(19)21-2)15-22-11(9)13(16)18/h3-6,9,11H,1-2H3/t9-,11+/m0/s1. The predicted octanol–water partition coefficient (Wildman–Crippen LogP) is 0.112. The van der Waals surface area contributed by atoms with E-state index in [1.807, 2.05) is 0 Å². The highest BCUT2D eigenvalue weighted by atomic mass is 16.7. The molecule has 0 spiro atoms. The minimum Gasteiger partial charge on any atom is -0.497 e. The molecule has 8 nitrogen and oxygen atoms in total. The Balaban J connectivity index is 1.92. The Bertz CT molecular complexity index is 681. The molecule has 1 fully saturated rings. The summed E-state index contributed by atoms with van der Waals surface area (Å²) in [5.74, 6) is -2.40. The van der Waals surface area contributed by atoms with Crippen LogP contribution in [0.15, 0.2) is 29.4 Å². The summed E-state index contributed by atoms with van der Waals surface area (Å²) in [5.41, 5.74) is 0.180. The average molecular weight is 304 g/mol. The third kappa shape index (κ3) is 1.92. The summed E-state index contributed by atoms with van der Waals surface area (Å²) in [4.78, 5) is 42.3. The average Bonchev–Trinajstić information content (AvgIpc) is 3.08. The van der Waals surface area contributed by atoms with Crippen molar-refractivity contribution in [2.24, 2.45) is 11.1 Å². The van der Waals surface area contributed by atoms with Crippen molar-refractivity contribution in [3.63, 3.8) is 0 Å². The van der Waals surface area contributed by atoms with Crippen LogP contribution < -0.4 is 9.64 Å². The van der Waals surface area contributed by atoms with E-state index in [1.54, 1.807) is 24.3 Å². The molecule has 1 saturated heterocycles. The zero-order valence-electron chi connectivity index (χ0n) is 11.8. The highest BCUT2D eigenvalue weighted by molar-refractivity contribution is 6.46. The molecule has 22 heavy (non-hydrogen) atoms. The largest absolute Gasteiger partial charge is 0.497 e. The lowest BCUT2D eigenvalue weighted by atomic mass is 10.00. The van der Waals surface area contributed by atoms with Crippen LogP contribution in [0.3, 0.4) is 0 Å². The highest BCUT2D eigenvalue weighted by Gasteiger charge is 2.57. The summed E-state index contributed by atoms with van der Waals surface area (Å²) in [6, 6.07) is 6.40. The van der Waals surface area contributed by atoms with Gasteiger partial charge in [-0.2, -0.15) is 0 Å². The third-order valence-corrected chi connectivity index (χ3v) is 3.54. The molecule has 1 aromatic rings. The number of nitrogens with zero attached hydrogens (tertiary/aromatic N) is 2. The maximum atomic E-state index is 12.5. The number of carbonyl (C=O) groups excluding carboxylic acids is 3. The second-order valence-corrected chi connectivity index (χ2v) is 4.68. The smallest absolute Gasteiger partial charge is 0.356 e. The molecule has 2 aliphatic heterocycles. The first kappa shape index (κ1) is 14.1. The zero-order chi connectivity index (χ0) is 15.9. The summed E-state index contributed by atoms with van der Waals surface area (Å²) in [6.45, 7) is 0. The molecule has 0 unspecified atom stereocenters. The number of esters is 1. The number of rotatable bonds is 3. The first-order valence-electron chi connectivity index (χ1n) is 6.42. The molecule has 0 bridgehead atoms. The topological polar surface area (TPSA) is 94.5 Å². The van der Waals surface area contributed by atoms with Crippen LogP contribution in [0.2, 0.25) is 0 Å². The molecule has 1 aromatic carbocycles. The maximum Gasteiger partial charge on any atom is 0.356 e. The Kier molecular flexibility index (Phi) is 3.28. The molecule has 3 rings (SSSR count). The van der Waals surface area contributed by atoms with Crippen LogP contribution in [0.25, 0.3) is 0 Å². The number of ether oxygens (including phenoxy) is 2. The molecular weight excluding hydrogens is 292 g/mol. The normalized spacial score (nSPS) is 23.0. The van der Waals surface area contributed by atoms with Gasteiger partial charge in [0.1, 0.15) is 11.7 Å². The van der Waals surface area contributed by atoms with Crippen molar-refractivity contribution >= 4 is 29.2 Å². The van der Waals surface area contributed by atoms with Gasteiger partial charge in [-0.1, -0.05) is 5.16 Å². The lowest BCUT2D eigenvalue weighted by molar-refractivity contribution is -0.133. The minimum absolute atomic E-state index is 0.193. The Morgan fingerprint density at radius 2 is 1.86 bits per heavy atom. The van der Waals surface area contributed by atoms with Crippen molar-refractivity contribution in [3.8, 4) is 5.75 Å².